The van der Waals surface area contributed by atoms with Crippen molar-refractivity contribution in [3.05, 3.63) is 36.2 Å². The molecule has 2 N–H and O–H groups in total. The van der Waals surface area contributed by atoms with Crippen LogP contribution in [-0.2, 0) is 6.54 Å². The fraction of sp³-hybridized carbons (Fsp3) is 0.538. The van der Waals surface area contributed by atoms with Crippen LogP contribution < -0.4 is 5.73 Å². The first-order chi connectivity index (χ1) is 8.88. The van der Waals surface area contributed by atoms with Crippen LogP contribution in [0.15, 0.2) is 29.0 Å². The standard InChI is InChI=1S/C13H18N4O/c14-9-11-15-13(18-16-11)12(10-5-1-2-6-10)17-7-3-4-8-17/h3-4,7-8,10,12H,1-2,5-6,9,14H2/t12-/m1/s1. The molecule has 1 atom stereocenters. The number of nitrogens with zero attached hydrogens (tertiary/aromatic N) is 3. The van der Waals surface area contributed by atoms with E-state index >= 15 is 0 Å². The van der Waals surface area contributed by atoms with E-state index in [0.29, 0.717) is 24.2 Å². The van der Waals surface area contributed by atoms with E-state index in [1.54, 1.807) is 0 Å². The highest BCUT2D eigenvalue weighted by Crippen LogP contribution is 2.37. The molecule has 0 saturated heterocycles. The summed E-state index contributed by atoms with van der Waals surface area (Å²) in [5.74, 6) is 1.86. The highest BCUT2D eigenvalue weighted by Gasteiger charge is 2.31. The number of nitrogens with two attached hydrogens (primary N) is 1. The van der Waals surface area contributed by atoms with Crippen molar-refractivity contribution < 1.29 is 4.52 Å². The summed E-state index contributed by atoms with van der Waals surface area (Å²) >= 11 is 0. The van der Waals surface area contributed by atoms with Crippen LogP contribution in [0.1, 0.15) is 43.4 Å². The van der Waals surface area contributed by atoms with Gasteiger partial charge in [0, 0.05) is 12.4 Å². The second kappa shape index (κ2) is 4.94. The molecular weight excluding hydrogens is 228 g/mol. The quantitative estimate of drug-likeness (QED) is 0.897. The fourth-order valence-electron chi connectivity index (χ4n) is 2.85. The van der Waals surface area contributed by atoms with Gasteiger partial charge >= 0.3 is 0 Å². The van der Waals surface area contributed by atoms with Crippen LogP contribution in [0.25, 0.3) is 0 Å². The van der Waals surface area contributed by atoms with Crippen LogP contribution in [0.5, 0.6) is 0 Å². The van der Waals surface area contributed by atoms with Gasteiger partial charge in [0.05, 0.1) is 6.54 Å². The molecule has 0 radical (unpaired) electrons. The molecule has 96 valence electrons. The van der Waals surface area contributed by atoms with Crippen LogP contribution in [0.3, 0.4) is 0 Å². The second-order valence-electron chi connectivity index (χ2n) is 4.87. The van der Waals surface area contributed by atoms with Gasteiger partial charge in [-0.2, -0.15) is 4.98 Å². The van der Waals surface area contributed by atoms with Gasteiger partial charge in [0.2, 0.25) is 5.89 Å². The first-order valence-corrected chi connectivity index (χ1v) is 6.53. The van der Waals surface area contributed by atoms with Gasteiger partial charge in [-0.15, -0.1) is 0 Å². The lowest BCUT2D eigenvalue weighted by molar-refractivity contribution is 0.278. The molecule has 0 aromatic carbocycles. The Morgan fingerprint density at radius 2 is 2.06 bits per heavy atom. The van der Waals surface area contributed by atoms with Crippen molar-refractivity contribution in [1.29, 1.82) is 0 Å². The summed E-state index contributed by atoms with van der Waals surface area (Å²) < 4.78 is 7.56. The lowest BCUT2D eigenvalue weighted by Crippen LogP contribution is -2.18. The highest BCUT2D eigenvalue weighted by atomic mass is 16.5. The van der Waals surface area contributed by atoms with Crippen molar-refractivity contribution in [2.45, 2.75) is 38.3 Å². The summed E-state index contributed by atoms with van der Waals surface area (Å²) in [5, 5.41) is 3.91. The minimum absolute atomic E-state index is 0.162. The van der Waals surface area contributed by atoms with E-state index in [9.17, 15) is 0 Å². The van der Waals surface area contributed by atoms with Crippen LogP contribution in [0.2, 0.25) is 0 Å². The largest absolute Gasteiger partial charge is 0.342 e. The Morgan fingerprint density at radius 3 is 2.67 bits per heavy atom. The maximum atomic E-state index is 5.54. The zero-order chi connectivity index (χ0) is 12.4. The summed E-state index contributed by atoms with van der Waals surface area (Å²) in [6, 6.07) is 4.22. The Bertz CT molecular complexity index is 485. The third kappa shape index (κ3) is 2.06. The molecule has 1 aliphatic carbocycles. The van der Waals surface area contributed by atoms with Crippen molar-refractivity contribution in [2.75, 3.05) is 0 Å². The van der Waals surface area contributed by atoms with E-state index in [2.05, 4.69) is 27.1 Å². The van der Waals surface area contributed by atoms with Crippen molar-refractivity contribution in [1.82, 2.24) is 14.7 Å². The van der Waals surface area contributed by atoms with Gasteiger partial charge in [0.1, 0.15) is 6.04 Å². The molecule has 1 aliphatic rings. The lowest BCUT2D eigenvalue weighted by Gasteiger charge is -2.21. The molecule has 2 aromatic heterocycles. The topological polar surface area (TPSA) is 69.9 Å². The average Bonchev–Trinajstić information content (AvgIpc) is 3.13. The van der Waals surface area contributed by atoms with E-state index in [0.717, 1.165) is 0 Å². The van der Waals surface area contributed by atoms with E-state index < -0.39 is 0 Å². The smallest absolute Gasteiger partial charge is 0.250 e. The number of aromatic nitrogens is 3. The first kappa shape index (κ1) is 11.5. The summed E-state index contributed by atoms with van der Waals surface area (Å²) in [6.45, 7) is 0.326. The van der Waals surface area contributed by atoms with Gasteiger partial charge in [-0.1, -0.05) is 18.0 Å². The minimum atomic E-state index is 0.162. The zero-order valence-corrected chi connectivity index (χ0v) is 10.3. The Morgan fingerprint density at radius 1 is 1.33 bits per heavy atom. The van der Waals surface area contributed by atoms with Crippen molar-refractivity contribution >= 4 is 0 Å². The molecule has 3 rings (SSSR count). The van der Waals surface area contributed by atoms with Gasteiger partial charge in [-0.25, -0.2) is 0 Å². The predicted octanol–water partition coefficient (Wildman–Crippen LogP) is 2.11. The summed E-state index contributed by atoms with van der Waals surface area (Å²) in [5.41, 5.74) is 5.54. The van der Waals surface area contributed by atoms with Crippen molar-refractivity contribution in [3.63, 3.8) is 0 Å². The molecule has 0 amide bonds. The van der Waals surface area contributed by atoms with Gasteiger partial charge in [0.25, 0.3) is 0 Å². The third-order valence-electron chi connectivity index (χ3n) is 3.71. The molecule has 1 fully saturated rings. The number of hydrogen-bond donors (Lipinski definition) is 1. The van der Waals surface area contributed by atoms with Crippen molar-refractivity contribution in [3.8, 4) is 0 Å². The molecule has 1 saturated carbocycles. The van der Waals surface area contributed by atoms with Gasteiger partial charge in [-0.3, -0.25) is 0 Å². The maximum absolute atomic E-state index is 5.54. The maximum Gasteiger partial charge on any atom is 0.250 e. The molecule has 5 heteroatoms. The Labute approximate surface area is 106 Å². The van der Waals surface area contributed by atoms with Crippen LogP contribution in [0.4, 0.5) is 0 Å². The Kier molecular flexibility index (Phi) is 3.15. The van der Waals surface area contributed by atoms with Crippen LogP contribution in [-0.4, -0.2) is 14.7 Å². The summed E-state index contributed by atoms with van der Waals surface area (Å²) in [4.78, 5) is 4.41. The van der Waals surface area contributed by atoms with Gasteiger partial charge in [0.15, 0.2) is 5.82 Å². The van der Waals surface area contributed by atoms with Gasteiger partial charge < -0.3 is 14.8 Å². The lowest BCUT2D eigenvalue weighted by atomic mass is 9.98. The molecule has 2 aromatic rings. The van der Waals surface area contributed by atoms with Crippen LogP contribution in [0, 0.1) is 5.92 Å². The molecule has 18 heavy (non-hydrogen) atoms. The normalized spacial score (nSPS) is 18.3. The van der Waals surface area contributed by atoms with Crippen LogP contribution >= 0.6 is 0 Å². The Hall–Kier alpha value is -1.62. The van der Waals surface area contributed by atoms with E-state index in [1.165, 1.54) is 25.7 Å². The second-order valence-corrected chi connectivity index (χ2v) is 4.87. The minimum Gasteiger partial charge on any atom is -0.342 e. The molecular formula is C13H18N4O. The predicted molar refractivity (Wildman–Crippen MR) is 66.7 cm³/mol. The zero-order valence-electron chi connectivity index (χ0n) is 10.3. The Balaban J connectivity index is 1.93. The number of rotatable bonds is 4. The molecule has 0 bridgehead atoms. The third-order valence-corrected chi connectivity index (χ3v) is 3.71. The van der Waals surface area contributed by atoms with Gasteiger partial charge in [-0.05, 0) is 30.9 Å². The van der Waals surface area contributed by atoms with E-state index in [1.807, 2.05) is 12.1 Å². The summed E-state index contributed by atoms with van der Waals surface area (Å²) in [6.07, 6.45) is 9.16. The first-order valence-electron chi connectivity index (χ1n) is 6.53. The SMILES string of the molecule is NCc1noc([C@@H](C2CCCC2)n2cccc2)n1. The monoisotopic (exact) mass is 246 g/mol. The molecule has 0 aliphatic heterocycles. The average molecular weight is 246 g/mol. The van der Waals surface area contributed by atoms with E-state index in [4.69, 9.17) is 10.3 Å². The fourth-order valence-corrected chi connectivity index (χ4v) is 2.85. The molecule has 2 heterocycles. The van der Waals surface area contributed by atoms with E-state index in [-0.39, 0.29) is 6.04 Å². The molecule has 0 spiro atoms. The highest BCUT2D eigenvalue weighted by molar-refractivity contribution is 5.04. The summed E-state index contributed by atoms with van der Waals surface area (Å²) in [7, 11) is 0. The molecule has 5 nitrogen and oxygen atoms in total. The number of hydrogen-bond acceptors (Lipinski definition) is 4. The van der Waals surface area contributed by atoms with Crippen molar-refractivity contribution in [2.24, 2.45) is 11.7 Å². The molecule has 0 unspecified atom stereocenters.